The van der Waals surface area contributed by atoms with Gasteiger partial charge in [-0.25, -0.2) is 0 Å². The van der Waals surface area contributed by atoms with Gasteiger partial charge in [0, 0.05) is 28.2 Å². The highest BCUT2D eigenvalue weighted by Crippen LogP contribution is 2.54. The number of benzene rings is 4. The summed E-state index contributed by atoms with van der Waals surface area (Å²) in [6.45, 7) is 9.49. The minimum Gasteiger partial charge on any atom is -0.455 e. The molecule has 0 bridgehead atoms. The summed E-state index contributed by atoms with van der Waals surface area (Å²) in [7, 11) is 0. The second kappa shape index (κ2) is 12.0. The molecule has 0 amide bonds. The number of nitrogens with zero attached hydrogens (tertiary/aromatic N) is 3. The Morgan fingerprint density at radius 1 is 0.792 bits per heavy atom. The first-order chi connectivity index (χ1) is 25.8. The standard InChI is InChI=1S/C49H45N3O/c1-32-15-14-19-35(31-32)45-43(34-17-6-5-7-18-34)39-27-28-41-44(46(39)53-45)38-20-8-9-21-40(38)52(41)37-25-23-36(24-26-37)49(4)47(48(3)29-12-10-16-33(48)2)51-30-13-11-22-42(51)50-49/h5-15,17-18,20-28,30-33,47H,16,19,29H2,1-4H3. The largest absolute Gasteiger partial charge is 0.455 e. The van der Waals surface area contributed by atoms with Crippen LogP contribution in [0.3, 0.4) is 0 Å². The first-order valence-corrected chi connectivity index (χ1v) is 19.3. The fraction of sp³-hybridized carbons (Fsp3) is 0.245. The number of aromatic nitrogens is 1. The lowest BCUT2D eigenvalue weighted by Gasteiger charge is -2.50. The molecule has 0 N–H and O–H groups in total. The van der Waals surface area contributed by atoms with Gasteiger partial charge >= 0.3 is 0 Å². The van der Waals surface area contributed by atoms with Crippen molar-refractivity contribution in [1.29, 1.82) is 0 Å². The Labute approximate surface area is 311 Å². The number of amidine groups is 1. The maximum absolute atomic E-state index is 7.10. The van der Waals surface area contributed by atoms with Crippen molar-refractivity contribution in [3.05, 3.63) is 157 Å². The number of rotatable bonds is 5. The summed E-state index contributed by atoms with van der Waals surface area (Å²) >= 11 is 0. The van der Waals surface area contributed by atoms with Crippen LogP contribution in [0.2, 0.25) is 0 Å². The monoisotopic (exact) mass is 691 g/mol. The van der Waals surface area contributed by atoms with Crippen LogP contribution in [0.1, 0.15) is 58.3 Å². The number of hydrogen-bond donors (Lipinski definition) is 0. The number of para-hydroxylation sites is 1. The molecule has 4 aromatic carbocycles. The van der Waals surface area contributed by atoms with Crippen LogP contribution in [0.25, 0.3) is 55.2 Å². The lowest BCUT2D eigenvalue weighted by molar-refractivity contribution is 0.0544. The highest BCUT2D eigenvalue weighted by molar-refractivity contribution is 6.22. The quantitative estimate of drug-likeness (QED) is 0.169. The highest BCUT2D eigenvalue weighted by atomic mass is 16.3. The van der Waals surface area contributed by atoms with E-state index in [2.05, 4.69) is 183 Å². The Morgan fingerprint density at radius 3 is 2.42 bits per heavy atom. The van der Waals surface area contributed by atoms with Crippen LogP contribution in [0, 0.1) is 17.3 Å². The Hall–Kier alpha value is -5.61. The predicted octanol–water partition coefficient (Wildman–Crippen LogP) is 12.6. The van der Waals surface area contributed by atoms with E-state index >= 15 is 0 Å². The third-order valence-corrected chi connectivity index (χ3v) is 12.8. The molecular weight excluding hydrogens is 647 g/mol. The Bertz CT molecular complexity index is 2610. The summed E-state index contributed by atoms with van der Waals surface area (Å²) in [5.41, 5.74) is 8.89. The van der Waals surface area contributed by atoms with Crippen molar-refractivity contribution in [2.45, 2.75) is 58.5 Å². The summed E-state index contributed by atoms with van der Waals surface area (Å²) in [6, 6.07) is 33.5. The smallest absolute Gasteiger partial charge is 0.145 e. The minimum atomic E-state index is -0.410. The fourth-order valence-electron chi connectivity index (χ4n) is 9.97. The van der Waals surface area contributed by atoms with Crippen molar-refractivity contribution in [1.82, 2.24) is 9.47 Å². The van der Waals surface area contributed by atoms with Crippen LogP contribution in [0.5, 0.6) is 0 Å². The van der Waals surface area contributed by atoms with E-state index in [-0.39, 0.29) is 11.5 Å². The van der Waals surface area contributed by atoms with Crippen LogP contribution >= 0.6 is 0 Å². The summed E-state index contributed by atoms with van der Waals surface area (Å²) in [5.74, 6) is 2.95. The Balaban J connectivity index is 1.14. The number of fused-ring (bicyclic) bond motifs is 6. The second-order valence-corrected chi connectivity index (χ2v) is 16.0. The second-order valence-electron chi connectivity index (χ2n) is 16.0. The Morgan fingerprint density at radius 2 is 1.60 bits per heavy atom. The van der Waals surface area contributed by atoms with Crippen molar-refractivity contribution in [2.75, 3.05) is 0 Å². The average Bonchev–Trinajstić information content (AvgIpc) is 3.84. The number of hydrogen-bond acceptors (Lipinski definition) is 3. The molecule has 2 aromatic heterocycles. The molecule has 0 fully saturated rings. The summed E-state index contributed by atoms with van der Waals surface area (Å²) in [4.78, 5) is 7.95. The number of furan rings is 1. The van der Waals surface area contributed by atoms with Crippen molar-refractivity contribution in [3.8, 4) is 16.8 Å². The summed E-state index contributed by atoms with van der Waals surface area (Å²) in [5, 5.41) is 3.50. The summed E-state index contributed by atoms with van der Waals surface area (Å²) in [6.07, 6.45) is 23.3. The van der Waals surface area contributed by atoms with Crippen LogP contribution in [0.4, 0.5) is 0 Å². The van der Waals surface area contributed by atoms with E-state index in [0.717, 1.165) is 58.4 Å². The van der Waals surface area contributed by atoms with E-state index in [1.807, 2.05) is 0 Å². The molecule has 0 spiro atoms. The van der Waals surface area contributed by atoms with Crippen molar-refractivity contribution in [3.63, 3.8) is 0 Å². The van der Waals surface area contributed by atoms with Gasteiger partial charge in [-0.1, -0.05) is 118 Å². The number of allylic oxidation sites excluding steroid dienone is 8. The zero-order valence-electron chi connectivity index (χ0n) is 31.0. The molecular formula is C49H45N3O. The fourth-order valence-corrected chi connectivity index (χ4v) is 9.97. The SMILES string of the molecule is CC1C=CCC(c2oc3c(ccc4c3c3ccccc3n4-c3ccc(C4(C)N=C5C=CC=CN5C4C4(C)CC=CCC4C)cc3)c2-c2ccccc2)=C1. The maximum atomic E-state index is 7.10. The lowest BCUT2D eigenvalue weighted by Crippen LogP contribution is -2.55. The van der Waals surface area contributed by atoms with E-state index in [1.165, 1.54) is 33.2 Å². The molecule has 6 aromatic rings. The minimum absolute atomic E-state index is 0.0592. The molecule has 53 heavy (non-hydrogen) atoms. The zero-order chi connectivity index (χ0) is 35.9. The van der Waals surface area contributed by atoms with Gasteiger partial charge in [0.1, 0.15) is 22.7 Å². The van der Waals surface area contributed by atoms with Gasteiger partial charge in [0.25, 0.3) is 0 Å². The third-order valence-electron chi connectivity index (χ3n) is 12.8. The topological polar surface area (TPSA) is 33.7 Å². The lowest BCUT2D eigenvalue weighted by atomic mass is 9.60. The van der Waals surface area contributed by atoms with E-state index in [1.54, 1.807) is 0 Å². The van der Waals surface area contributed by atoms with Gasteiger partial charge in [-0.3, -0.25) is 4.99 Å². The number of aliphatic imine (C=N–C) groups is 1. The zero-order valence-corrected chi connectivity index (χ0v) is 31.0. The molecule has 0 saturated carbocycles. The van der Waals surface area contributed by atoms with Gasteiger partial charge in [0.15, 0.2) is 0 Å². The molecule has 0 saturated heterocycles. The van der Waals surface area contributed by atoms with Gasteiger partial charge in [-0.2, -0.15) is 0 Å². The molecule has 4 nitrogen and oxygen atoms in total. The summed E-state index contributed by atoms with van der Waals surface area (Å²) < 4.78 is 9.51. The molecule has 4 heterocycles. The normalized spacial score (nSPS) is 26.5. The van der Waals surface area contributed by atoms with E-state index in [4.69, 9.17) is 9.41 Å². The molecule has 5 unspecified atom stereocenters. The molecule has 5 atom stereocenters. The maximum Gasteiger partial charge on any atom is 0.145 e. The van der Waals surface area contributed by atoms with Crippen LogP contribution in [0.15, 0.2) is 155 Å². The molecule has 2 aliphatic heterocycles. The first-order valence-electron chi connectivity index (χ1n) is 19.3. The van der Waals surface area contributed by atoms with Gasteiger partial charge in [-0.05, 0) is 103 Å². The average molecular weight is 692 g/mol. The molecule has 0 radical (unpaired) electrons. The molecule has 4 aliphatic rings. The molecule has 10 rings (SSSR count). The molecule has 2 aliphatic carbocycles. The van der Waals surface area contributed by atoms with E-state index in [0.29, 0.717) is 11.8 Å². The van der Waals surface area contributed by atoms with Gasteiger partial charge < -0.3 is 13.9 Å². The highest BCUT2D eigenvalue weighted by Gasteiger charge is 2.56. The van der Waals surface area contributed by atoms with Gasteiger partial charge in [0.2, 0.25) is 0 Å². The van der Waals surface area contributed by atoms with Gasteiger partial charge in [0.05, 0.1) is 22.5 Å². The van der Waals surface area contributed by atoms with Crippen LogP contribution in [-0.2, 0) is 5.54 Å². The first kappa shape index (κ1) is 32.1. The van der Waals surface area contributed by atoms with Crippen molar-refractivity contribution in [2.24, 2.45) is 22.2 Å². The third kappa shape index (κ3) is 4.77. The van der Waals surface area contributed by atoms with Crippen molar-refractivity contribution < 1.29 is 4.42 Å². The van der Waals surface area contributed by atoms with Crippen molar-refractivity contribution >= 4 is 44.2 Å². The predicted molar refractivity (Wildman–Crippen MR) is 221 cm³/mol. The van der Waals surface area contributed by atoms with Gasteiger partial charge in [-0.15, -0.1) is 0 Å². The van der Waals surface area contributed by atoms with E-state index < -0.39 is 5.54 Å². The molecule has 4 heteroatoms. The molecule has 262 valence electrons. The van der Waals surface area contributed by atoms with Crippen LogP contribution in [-0.4, -0.2) is 21.3 Å². The van der Waals surface area contributed by atoms with Crippen LogP contribution < -0.4 is 0 Å². The Kier molecular flexibility index (Phi) is 7.24. The van der Waals surface area contributed by atoms with E-state index in [9.17, 15) is 0 Å².